The summed E-state index contributed by atoms with van der Waals surface area (Å²) < 4.78 is 8.01. The number of hydrogen-bond acceptors (Lipinski definition) is 3. The molecule has 0 saturated carbocycles. The fraction of sp³-hybridized carbons (Fsp3) is 0.0638. The summed E-state index contributed by atoms with van der Waals surface area (Å²) in [6.07, 6.45) is 0. The highest BCUT2D eigenvalue weighted by molar-refractivity contribution is 7.27. The van der Waals surface area contributed by atoms with Gasteiger partial charge in [-0.25, -0.2) is 0 Å². The molecule has 24 aromatic carbocycles. The fourth-order valence-electron chi connectivity index (χ4n) is 25.2. The summed E-state index contributed by atoms with van der Waals surface area (Å²) in [4.78, 5) is 0. The standard InChI is InChI=1S/3C47H32S/c1-47(2)41-21-10-8-15-32(41)33-25-24-31(28-42(33)47)44-35-17-6-7-18-36(35)45(37-26-23-30(27-40(37)44)29-13-4-3-5-14-29)39-20-12-19-38-34-16-9-11-22-43(34)48-46(38)39;1-47(2)40-20-10-8-15-32(40)33-25-24-31(28-41(33)47)44-34-16-6-7-17-35(34)45(36-26-23-30(27-39(36)44)29-13-4-3-5-14-29)38-19-12-22-43-46(38)37-18-9-11-21-42(37)48-43;1-47(2)41-18-10-8-14-33(41)34-23-21-32(28-42(34)47)46-37-17-7-6-16-36(37)45(38-24-20-30(26-40(38)46)29-12-4-3-5-13-29)31-22-25-44-39(27-31)35-15-9-11-19-43(35)48-44/h3*3-28H,1-2H3. The van der Waals surface area contributed by atoms with Gasteiger partial charge < -0.3 is 0 Å². The molecule has 144 heavy (non-hydrogen) atoms. The van der Waals surface area contributed by atoms with Gasteiger partial charge in [0.25, 0.3) is 0 Å². The molecule has 3 aromatic heterocycles. The van der Waals surface area contributed by atoms with Crippen molar-refractivity contribution in [2.75, 3.05) is 0 Å². The lowest BCUT2D eigenvalue weighted by Crippen LogP contribution is -2.14. The minimum atomic E-state index is -0.0711. The summed E-state index contributed by atoms with van der Waals surface area (Å²) in [5, 5.41) is 23.4. The Kier molecular flexibility index (Phi) is 19.8. The summed E-state index contributed by atoms with van der Waals surface area (Å²) in [5.74, 6) is 0. The highest BCUT2D eigenvalue weighted by Crippen LogP contribution is 2.59. The van der Waals surface area contributed by atoms with E-state index in [1.165, 1.54) is 292 Å². The molecule has 0 spiro atoms. The molecule has 0 saturated heterocycles. The van der Waals surface area contributed by atoms with E-state index in [0.717, 1.165) is 0 Å². The molecular weight excluding hydrogens is 1790 g/mol. The quantitative estimate of drug-likeness (QED) is 0.126. The van der Waals surface area contributed by atoms with E-state index in [1.54, 1.807) is 0 Å². The number of fused-ring (bicyclic) bond motifs is 24. The van der Waals surface area contributed by atoms with Crippen molar-refractivity contribution in [3.05, 3.63) is 507 Å². The first-order valence-corrected chi connectivity index (χ1v) is 52.8. The van der Waals surface area contributed by atoms with Crippen LogP contribution in [0.15, 0.2) is 473 Å². The van der Waals surface area contributed by atoms with Gasteiger partial charge in [-0.05, 0) is 299 Å². The van der Waals surface area contributed by atoms with Gasteiger partial charge in [-0.15, -0.1) is 34.0 Å². The molecule has 3 aliphatic rings. The van der Waals surface area contributed by atoms with E-state index in [1.807, 2.05) is 34.0 Å². The first kappa shape index (κ1) is 85.5. The van der Waals surface area contributed by atoms with Crippen molar-refractivity contribution >= 4 is 159 Å². The molecule has 678 valence electrons. The van der Waals surface area contributed by atoms with Crippen LogP contribution in [0.4, 0.5) is 0 Å². The minimum absolute atomic E-state index is 0.0681. The number of rotatable bonds is 9. The Hall–Kier alpha value is -16.5. The Morgan fingerprint density at radius 3 is 0.826 bits per heavy atom. The first-order valence-electron chi connectivity index (χ1n) is 50.3. The highest BCUT2D eigenvalue weighted by atomic mass is 32.1. The lowest BCUT2D eigenvalue weighted by atomic mass is 9.80. The van der Waals surface area contributed by atoms with Gasteiger partial charge in [0.15, 0.2) is 0 Å². The van der Waals surface area contributed by atoms with Crippen molar-refractivity contribution in [3.63, 3.8) is 0 Å². The van der Waals surface area contributed by atoms with Gasteiger partial charge >= 0.3 is 0 Å². The molecule has 0 fully saturated rings. The van der Waals surface area contributed by atoms with Gasteiger partial charge in [-0.3, -0.25) is 0 Å². The molecule has 0 bridgehead atoms. The van der Waals surface area contributed by atoms with E-state index in [-0.39, 0.29) is 16.2 Å². The normalized spacial score (nSPS) is 13.4. The van der Waals surface area contributed by atoms with Crippen LogP contribution in [0.25, 0.3) is 259 Å². The largest absolute Gasteiger partial charge is 0.135 e. The minimum Gasteiger partial charge on any atom is -0.135 e. The summed E-state index contributed by atoms with van der Waals surface area (Å²) in [7, 11) is 0. The van der Waals surface area contributed by atoms with E-state index in [2.05, 4.69) is 515 Å². The third-order valence-corrected chi connectivity index (χ3v) is 35.5. The van der Waals surface area contributed by atoms with E-state index in [9.17, 15) is 0 Å². The topological polar surface area (TPSA) is 0 Å². The molecule has 0 atom stereocenters. The SMILES string of the molecule is CC1(C)c2ccccc2-c2ccc(-c3c4ccccc4c(-c4ccc5sc6ccccc6c5c4)c4ccc(-c5ccccc5)cc34)cc21.CC1(C)c2ccccc2-c2ccc(-c3c4ccccc4c(-c4cccc5c4sc4ccccc45)c4ccc(-c5ccccc5)cc34)cc21.CC1(C)c2ccccc2-c2ccc(-c3c4ccccc4c(-c4cccc5sc6ccccc6c45)c4ccc(-c5ccccc5)cc34)cc21. The predicted octanol–water partition coefficient (Wildman–Crippen LogP) is 41.0. The van der Waals surface area contributed by atoms with Crippen molar-refractivity contribution < 1.29 is 0 Å². The van der Waals surface area contributed by atoms with Gasteiger partial charge in [0.1, 0.15) is 0 Å². The Labute approximate surface area is 850 Å². The van der Waals surface area contributed by atoms with E-state index in [4.69, 9.17) is 0 Å². The lowest BCUT2D eigenvalue weighted by molar-refractivity contribution is 0.660. The molecule has 30 rings (SSSR count). The maximum Gasteiger partial charge on any atom is 0.0434 e. The molecule has 0 nitrogen and oxygen atoms in total. The van der Waals surface area contributed by atoms with Crippen molar-refractivity contribution in [1.82, 2.24) is 0 Å². The van der Waals surface area contributed by atoms with E-state index >= 15 is 0 Å². The molecule has 0 N–H and O–H groups in total. The summed E-state index contributed by atoms with van der Waals surface area (Å²) in [6.45, 7) is 14.2. The third-order valence-electron chi connectivity index (χ3n) is 32.0. The van der Waals surface area contributed by atoms with Crippen LogP contribution in [-0.4, -0.2) is 0 Å². The van der Waals surface area contributed by atoms with Crippen LogP contribution < -0.4 is 0 Å². The number of benzene rings is 24. The second-order valence-corrected chi connectivity index (χ2v) is 44.1. The van der Waals surface area contributed by atoms with Gasteiger partial charge in [0, 0.05) is 82.3 Å². The van der Waals surface area contributed by atoms with Crippen molar-refractivity contribution in [1.29, 1.82) is 0 Å². The first-order chi connectivity index (χ1) is 70.7. The van der Waals surface area contributed by atoms with Gasteiger partial charge in [-0.2, -0.15) is 0 Å². The monoisotopic (exact) mass is 1880 g/mol. The van der Waals surface area contributed by atoms with Crippen LogP contribution in [0.5, 0.6) is 0 Å². The van der Waals surface area contributed by atoms with Crippen molar-refractivity contribution in [2.45, 2.75) is 57.8 Å². The molecule has 0 unspecified atom stereocenters. The molecule has 0 radical (unpaired) electrons. The Morgan fingerprint density at radius 1 is 0.132 bits per heavy atom. The van der Waals surface area contributed by atoms with Crippen LogP contribution >= 0.6 is 34.0 Å². The Morgan fingerprint density at radius 2 is 0.389 bits per heavy atom. The van der Waals surface area contributed by atoms with Crippen LogP contribution in [0, 0.1) is 0 Å². The van der Waals surface area contributed by atoms with Gasteiger partial charge in [0.2, 0.25) is 0 Å². The molecular formula is C141H96S3. The highest BCUT2D eigenvalue weighted by Gasteiger charge is 2.40. The maximum absolute atomic E-state index is 2.48. The Balaban J connectivity index is 0.000000105. The van der Waals surface area contributed by atoms with Crippen molar-refractivity contribution in [3.8, 4) is 134 Å². The van der Waals surface area contributed by atoms with Crippen LogP contribution in [0.3, 0.4) is 0 Å². The second kappa shape index (κ2) is 33.3. The molecule has 3 heterocycles. The van der Waals surface area contributed by atoms with Gasteiger partial charge in [0.05, 0.1) is 0 Å². The van der Waals surface area contributed by atoms with Crippen LogP contribution in [-0.2, 0) is 16.2 Å². The smallest absolute Gasteiger partial charge is 0.0434 e. The molecule has 0 aliphatic heterocycles. The second-order valence-electron chi connectivity index (χ2n) is 40.9. The van der Waals surface area contributed by atoms with Crippen LogP contribution in [0.2, 0.25) is 0 Å². The van der Waals surface area contributed by atoms with E-state index in [0.29, 0.717) is 0 Å². The Bertz CT molecular complexity index is 10000. The van der Waals surface area contributed by atoms with Gasteiger partial charge in [-0.1, -0.05) is 442 Å². The number of thiophene rings is 3. The average Bonchev–Trinajstić information content (AvgIpc) is 1.54. The number of hydrogen-bond donors (Lipinski definition) is 0. The zero-order valence-corrected chi connectivity index (χ0v) is 83.2. The summed E-state index contributed by atoms with van der Waals surface area (Å²) in [6, 6.07) is 177. The molecule has 3 heteroatoms. The maximum atomic E-state index is 2.48. The zero-order valence-electron chi connectivity index (χ0n) is 80.8. The molecule has 3 aliphatic carbocycles. The average molecular weight is 1890 g/mol. The van der Waals surface area contributed by atoms with E-state index < -0.39 is 0 Å². The summed E-state index contributed by atoms with van der Waals surface area (Å²) in [5.41, 5.74) is 39.3. The van der Waals surface area contributed by atoms with Crippen molar-refractivity contribution in [2.24, 2.45) is 0 Å². The van der Waals surface area contributed by atoms with Crippen LogP contribution in [0.1, 0.15) is 74.9 Å². The lowest BCUT2D eigenvalue weighted by Gasteiger charge is -2.23. The molecule has 27 aromatic rings. The predicted molar refractivity (Wildman–Crippen MR) is 625 cm³/mol. The summed E-state index contributed by atoms with van der Waals surface area (Å²) >= 11 is 5.67. The zero-order chi connectivity index (χ0) is 96.0. The fourth-order valence-corrected chi connectivity index (χ4v) is 28.6. The third kappa shape index (κ3) is 13.4. The molecule has 0 amide bonds.